The molecule has 9 aromatic carbocycles. The summed E-state index contributed by atoms with van der Waals surface area (Å²) in [6.45, 7) is 0. The molecule has 0 aromatic heterocycles. The smallest absolute Gasteiger partial charge is 0.135 e. The maximum Gasteiger partial charge on any atom is 0.135 e. The normalized spacial score (nSPS) is 11.6. The lowest BCUT2D eigenvalue weighted by Crippen LogP contribution is -2.10. The Morgan fingerprint density at radius 2 is 0.885 bits per heavy atom. The molecule has 0 amide bonds. The van der Waals surface area contributed by atoms with E-state index in [2.05, 4.69) is 193 Å². The van der Waals surface area contributed by atoms with E-state index in [9.17, 15) is 0 Å². The van der Waals surface area contributed by atoms with Gasteiger partial charge in [0.2, 0.25) is 0 Å². The lowest BCUT2D eigenvalue weighted by atomic mass is 9.90. The van der Waals surface area contributed by atoms with Crippen molar-refractivity contribution in [2.24, 2.45) is 0 Å². The molecule has 244 valence electrons. The Bertz CT molecular complexity index is 2740. The van der Waals surface area contributed by atoms with Gasteiger partial charge in [-0.15, -0.1) is 0 Å². The summed E-state index contributed by atoms with van der Waals surface area (Å²) in [7, 11) is 0. The van der Waals surface area contributed by atoms with E-state index < -0.39 is 0 Å². The van der Waals surface area contributed by atoms with E-state index in [-0.39, 0.29) is 0 Å². The average Bonchev–Trinajstić information content (AvgIpc) is 3.22. The van der Waals surface area contributed by atoms with Crippen LogP contribution in [0.4, 0.5) is 17.1 Å². The standard InChI is InChI=1S/C50H33NO/c1-2-11-34(12-3-1)35-23-27-39(28-24-35)51(40-29-25-37(26-30-40)43-19-9-14-36-13-4-5-17-42(36)43)41-16-8-15-38(33-41)44-31-32-49-50-46(44)20-10-21-47(50)45-18-6-7-22-48(45)52-49/h1-33H. The van der Waals surface area contributed by atoms with Crippen LogP contribution in [0, 0.1) is 0 Å². The largest absolute Gasteiger partial charge is 0.456 e. The van der Waals surface area contributed by atoms with Crippen molar-refractivity contribution < 1.29 is 4.74 Å². The number of nitrogens with zero attached hydrogens (tertiary/aromatic N) is 1. The van der Waals surface area contributed by atoms with E-state index in [0.29, 0.717) is 0 Å². The zero-order chi connectivity index (χ0) is 34.4. The van der Waals surface area contributed by atoms with E-state index in [1.165, 1.54) is 49.5 Å². The second-order valence-corrected chi connectivity index (χ2v) is 13.3. The summed E-state index contributed by atoms with van der Waals surface area (Å²) >= 11 is 0. The molecule has 0 radical (unpaired) electrons. The minimum atomic E-state index is 0.899. The molecule has 2 heteroatoms. The maximum atomic E-state index is 6.42. The van der Waals surface area contributed by atoms with Gasteiger partial charge in [0.15, 0.2) is 0 Å². The molecule has 0 spiro atoms. The number of rotatable bonds is 6. The second kappa shape index (κ2) is 12.5. The highest BCUT2D eigenvalue weighted by molar-refractivity contribution is 6.10. The van der Waals surface area contributed by atoms with Crippen molar-refractivity contribution in [3.05, 3.63) is 200 Å². The zero-order valence-electron chi connectivity index (χ0n) is 28.4. The Morgan fingerprint density at radius 3 is 1.73 bits per heavy atom. The Labute approximate surface area is 303 Å². The van der Waals surface area contributed by atoms with Crippen molar-refractivity contribution in [1.82, 2.24) is 0 Å². The van der Waals surface area contributed by atoms with Crippen molar-refractivity contribution in [2.45, 2.75) is 0 Å². The number of fused-ring (bicyclic) bond motifs is 3. The monoisotopic (exact) mass is 663 g/mol. The summed E-state index contributed by atoms with van der Waals surface area (Å²) in [5.74, 6) is 1.80. The first-order chi connectivity index (χ1) is 25.8. The van der Waals surface area contributed by atoms with Crippen molar-refractivity contribution in [3.63, 3.8) is 0 Å². The van der Waals surface area contributed by atoms with Gasteiger partial charge in [0.25, 0.3) is 0 Å². The number of anilines is 3. The lowest BCUT2D eigenvalue weighted by Gasteiger charge is -2.27. The molecule has 1 aliphatic rings. The van der Waals surface area contributed by atoms with E-state index in [1.54, 1.807) is 0 Å². The van der Waals surface area contributed by atoms with Gasteiger partial charge >= 0.3 is 0 Å². The quantitative estimate of drug-likeness (QED) is 0.176. The highest BCUT2D eigenvalue weighted by Gasteiger charge is 2.22. The molecule has 1 aliphatic heterocycles. The Balaban J connectivity index is 1.09. The fourth-order valence-corrected chi connectivity index (χ4v) is 7.79. The van der Waals surface area contributed by atoms with Crippen LogP contribution in [0.25, 0.3) is 66.1 Å². The average molecular weight is 664 g/mol. The molecule has 0 saturated carbocycles. The third-order valence-corrected chi connectivity index (χ3v) is 10.3. The highest BCUT2D eigenvalue weighted by Crippen LogP contribution is 2.49. The first-order valence-electron chi connectivity index (χ1n) is 17.8. The first kappa shape index (κ1) is 30.0. The van der Waals surface area contributed by atoms with Gasteiger partial charge in [-0.25, -0.2) is 0 Å². The van der Waals surface area contributed by atoms with Crippen LogP contribution < -0.4 is 9.64 Å². The lowest BCUT2D eigenvalue weighted by molar-refractivity contribution is 0.487. The molecule has 9 aromatic rings. The van der Waals surface area contributed by atoms with Gasteiger partial charge < -0.3 is 9.64 Å². The summed E-state index contributed by atoms with van der Waals surface area (Å²) in [5, 5.41) is 4.84. The molecule has 0 fully saturated rings. The fourth-order valence-electron chi connectivity index (χ4n) is 7.79. The summed E-state index contributed by atoms with van der Waals surface area (Å²) < 4.78 is 6.42. The molecule has 10 rings (SSSR count). The Kier molecular flexibility index (Phi) is 7.18. The van der Waals surface area contributed by atoms with Crippen LogP contribution >= 0.6 is 0 Å². The van der Waals surface area contributed by atoms with E-state index in [1.807, 2.05) is 12.1 Å². The van der Waals surface area contributed by atoms with E-state index in [0.717, 1.165) is 45.1 Å². The fraction of sp³-hybridized carbons (Fsp3) is 0. The molecule has 52 heavy (non-hydrogen) atoms. The number of hydrogen-bond acceptors (Lipinski definition) is 2. The molecule has 1 heterocycles. The molecule has 0 atom stereocenters. The SMILES string of the molecule is c1ccc(-c2ccc(N(c3ccc(-c4cccc5ccccc45)cc3)c3cccc(-c4ccc5c6c(cccc46)-c4ccccc4O5)c3)cc2)cc1. The van der Waals surface area contributed by atoms with Crippen molar-refractivity contribution in [2.75, 3.05) is 4.90 Å². The number of hydrogen-bond donors (Lipinski definition) is 0. The van der Waals surface area contributed by atoms with Crippen LogP contribution in [-0.2, 0) is 0 Å². The molecular formula is C50H33NO. The van der Waals surface area contributed by atoms with Crippen LogP contribution in [0.5, 0.6) is 11.5 Å². The number of ether oxygens (including phenoxy) is 1. The van der Waals surface area contributed by atoms with Crippen molar-refractivity contribution >= 4 is 38.6 Å². The summed E-state index contributed by atoms with van der Waals surface area (Å²) in [4.78, 5) is 2.36. The topological polar surface area (TPSA) is 12.5 Å². The molecule has 0 unspecified atom stereocenters. The van der Waals surface area contributed by atoms with Crippen LogP contribution in [0.1, 0.15) is 0 Å². The minimum Gasteiger partial charge on any atom is -0.456 e. The zero-order valence-corrected chi connectivity index (χ0v) is 28.4. The molecule has 0 bridgehead atoms. The van der Waals surface area contributed by atoms with Gasteiger partial charge in [-0.05, 0) is 104 Å². The third-order valence-electron chi connectivity index (χ3n) is 10.3. The molecule has 0 N–H and O–H groups in total. The van der Waals surface area contributed by atoms with Crippen LogP contribution in [0.3, 0.4) is 0 Å². The number of benzene rings is 9. The summed E-state index contributed by atoms with van der Waals surface area (Å²) in [6, 6.07) is 71.7. The Hall–Kier alpha value is -6.90. The predicted molar refractivity (Wildman–Crippen MR) is 218 cm³/mol. The van der Waals surface area contributed by atoms with E-state index >= 15 is 0 Å². The van der Waals surface area contributed by atoms with Gasteiger partial charge in [-0.3, -0.25) is 0 Å². The maximum absolute atomic E-state index is 6.42. The van der Waals surface area contributed by atoms with Crippen LogP contribution in [-0.4, -0.2) is 0 Å². The number of para-hydroxylation sites is 1. The summed E-state index contributed by atoms with van der Waals surface area (Å²) in [5.41, 5.74) is 12.8. The minimum absolute atomic E-state index is 0.899. The van der Waals surface area contributed by atoms with Crippen LogP contribution in [0.15, 0.2) is 200 Å². The molecular weight excluding hydrogens is 631 g/mol. The molecule has 2 nitrogen and oxygen atoms in total. The van der Waals surface area contributed by atoms with Gasteiger partial charge in [0.05, 0.1) is 0 Å². The van der Waals surface area contributed by atoms with Gasteiger partial charge in [0, 0.05) is 28.0 Å². The van der Waals surface area contributed by atoms with Crippen molar-refractivity contribution in [3.8, 4) is 56.0 Å². The third kappa shape index (κ3) is 5.12. The summed E-state index contributed by atoms with van der Waals surface area (Å²) in [6.07, 6.45) is 0. The molecule has 0 saturated heterocycles. The van der Waals surface area contributed by atoms with Gasteiger partial charge in [-0.2, -0.15) is 0 Å². The Morgan fingerprint density at radius 1 is 0.308 bits per heavy atom. The second-order valence-electron chi connectivity index (χ2n) is 13.3. The van der Waals surface area contributed by atoms with Gasteiger partial charge in [-0.1, -0.05) is 152 Å². The van der Waals surface area contributed by atoms with Crippen molar-refractivity contribution in [1.29, 1.82) is 0 Å². The van der Waals surface area contributed by atoms with Gasteiger partial charge in [0.1, 0.15) is 11.5 Å². The predicted octanol–water partition coefficient (Wildman–Crippen LogP) is 14.2. The van der Waals surface area contributed by atoms with E-state index in [4.69, 9.17) is 4.74 Å². The highest BCUT2D eigenvalue weighted by atomic mass is 16.5. The van der Waals surface area contributed by atoms with Crippen LogP contribution in [0.2, 0.25) is 0 Å². The first-order valence-corrected chi connectivity index (χ1v) is 17.8. The molecule has 0 aliphatic carbocycles.